The largest absolute Gasteiger partial charge is 0.366 e. The number of imidazole rings is 1. The number of rotatable bonds is 3. The highest BCUT2D eigenvalue weighted by atomic mass is 16.1. The van der Waals surface area contributed by atoms with Crippen molar-refractivity contribution in [3.8, 4) is 0 Å². The van der Waals surface area contributed by atoms with E-state index in [0.717, 1.165) is 24.9 Å². The maximum atomic E-state index is 11.2. The molecule has 2 aromatic rings. The first-order chi connectivity index (χ1) is 9.24. The van der Waals surface area contributed by atoms with Gasteiger partial charge in [-0.05, 0) is 43.4 Å². The van der Waals surface area contributed by atoms with Crippen molar-refractivity contribution in [1.82, 2.24) is 9.55 Å². The number of aromatic nitrogens is 2. The van der Waals surface area contributed by atoms with Gasteiger partial charge in [-0.25, -0.2) is 4.98 Å². The minimum absolute atomic E-state index is 0.380. The van der Waals surface area contributed by atoms with Gasteiger partial charge in [0.2, 0.25) is 5.91 Å². The van der Waals surface area contributed by atoms with Crippen molar-refractivity contribution < 1.29 is 4.79 Å². The fourth-order valence-corrected chi connectivity index (χ4v) is 2.69. The van der Waals surface area contributed by atoms with Gasteiger partial charge in [0.25, 0.3) is 0 Å². The molecule has 1 aliphatic rings. The van der Waals surface area contributed by atoms with Crippen LogP contribution in [0.5, 0.6) is 0 Å². The lowest BCUT2D eigenvalue weighted by atomic mass is 10.0. The van der Waals surface area contributed by atoms with Crippen LogP contribution in [-0.2, 0) is 19.4 Å². The maximum absolute atomic E-state index is 11.2. The molecule has 0 radical (unpaired) electrons. The average Bonchev–Trinajstić information content (AvgIpc) is 2.83. The van der Waals surface area contributed by atoms with Crippen LogP contribution in [0.2, 0.25) is 0 Å². The van der Waals surface area contributed by atoms with Crippen molar-refractivity contribution in [3.63, 3.8) is 0 Å². The fraction of sp³-hybridized carbons (Fsp3) is 0.333. The molecule has 1 aromatic heterocycles. The number of nitrogens with zero attached hydrogens (tertiary/aromatic N) is 2. The van der Waals surface area contributed by atoms with Gasteiger partial charge < -0.3 is 10.3 Å². The highest BCUT2D eigenvalue weighted by Crippen LogP contribution is 2.20. The quantitative estimate of drug-likeness (QED) is 0.910. The first kappa shape index (κ1) is 12.0. The zero-order chi connectivity index (χ0) is 13.2. The molecule has 0 spiro atoms. The number of carbonyl (C=O) groups excluding carboxylic acids is 1. The highest BCUT2D eigenvalue weighted by Gasteiger charge is 2.15. The summed E-state index contributed by atoms with van der Waals surface area (Å²) >= 11 is 0. The van der Waals surface area contributed by atoms with Gasteiger partial charge in [0.1, 0.15) is 0 Å². The second-order valence-corrected chi connectivity index (χ2v) is 5.04. The first-order valence-electron chi connectivity index (χ1n) is 6.65. The van der Waals surface area contributed by atoms with Gasteiger partial charge in [0, 0.05) is 17.8 Å². The number of primary amides is 1. The van der Waals surface area contributed by atoms with Gasteiger partial charge in [-0.2, -0.15) is 0 Å². The van der Waals surface area contributed by atoms with Crippen LogP contribution in [0, 0.1) is 0 Å². The van der Waals surface area contributed by atoms with E-state index in [2.05, 4.69) is 9.55 Å². The van der Waals surface area contributed by atoms with Gasteiger partial charge >= 0.3 is 0 Å². The van der Waals surface area contributed by atoms with E-state index in [1.54, 1.807) is 6.07 Å². The Balaban J connectivity index is 1.87. The standard InChI is InChI=1S/C15H17N3O/c16-15(19)12-5-3-4-11(8-12)9-18-10-17-13-6-1-2-7-14(13)18/h3-5,8,10H,1-2,6-7,9H2,(H2,16,19). The number of benzene rings is 1. The lowest BCUT2D eigenvalue weighted by Crippen LogP contribution is -2.12. The molecule has 4 heteroatoms. The second kappa shape index (κ2) is 4.88. The summed E-state index contributed by atoms with van der Waals surface area (Å²) in [7, 11) is 0. The van der Waals surface area contributed by atoms with E-state index < -0.39 is 0 Å². The Hall–Kier alpha value is -2.10. The van der Waals surface area contributed by atoms with Crippen molar-refractivity contribution in [1.29, 1.82) is 0 Å². The Morgan fingerprint density at radius 2 is 2.16 bits per heavy atom. The molecule has 98 valence electrons. The third kappa shape index (κ3) is 2.38. The van der Waals surface area contributed by atoms with E-state index in [-0.39, 0.29) is 5.91 Å². The van der Waals surface area contributed by atoms with Crippen LogP contribution in [0.1, 0.15) is 40.2 Å². The van der Waals surface area contributed by atoms with E-state index in [0.29, 0.717) is 5.56 Å². The van der Waals surface area contributed by atoms with Crippen molar-refractivity contribution >= 4 is 5.91 Å². The zero-order valence-electron chi connectivity index (χ0n) is 10.8. The van der Waals surface area contributed by atoms with Crippen molar-refractivity contribution in [2.75, 3.05) is 0 Å². The summed E-state index contributed by atoms with van der Waals surface area (Å²) in [5.41, 5.74) is 9.53. The molecule has 0 atom stereocenters. The minimum atomic E-state index is -0.380. The van der Waals surface area contributed by atoms with Gasteiger partial charge in [0.05, 0.1) is 12.0 Å². The molecule has 0 aliphatic heterocycles. The fourth-order valence-electron chi connectivity index (χ4n) is 2.69. The van der Waals surface area contributed by atoms with Crippen molar-refractivity contribution in [2.45, 2.75) is 32.2 Å². The third-order valence-corrected chi connectivity index (χ3v) is 3.67. The summed E-state index contributed by atoms with van der Waals surface area (Å²) in [5.74, 6) is -0.380. The molecule has 0 unspecified atom stereocenters. The monoisotopic (exact) mass is 255 g/mol. The summed E-state index contributed by atoms with van der Waals surface area (Å²) in [6.45, 7) is 0.753. The first-order valence-corrected chi connectivity index (χ1v) is 6.65. The van der Waals surface area contributed by atoms with Gasteiger partial charge in [0.15, 0.2) is 0 Å². The molecular weight excluding hydrogens is 238 g/mol. The summed E-state index contributed by atoms with van der Waals surface area (Å²) in [6, 6.07) is 7.49. The number of hydrogen-bond donors (Lipinski definition) is 1. The molecular formula is C15H17N3O. The number of fused-ring (bicyclic) bond motifs is 1. The molecule has 0 fully saturated rings. The van der Waals surface area contributed by atoms with Crippen molar-refractivity contribution in [3.05, 3.63) is 53.1 Å². The van der Waals surface area contributed by atoms with Crippen LogP contribution in [0.25, 0.3) is 0 Å². The van der Waals surface area contributed by atoms with Gasteiger partial charge in [-0.1, -0.05) is 12.1 Å². The number of hydrogen-bond acceptors (Lipinski definition) is 2. The number of nitrogens with two attached hydrogens (primary N) is 1. The molecule has 0 saturated heterocycles. The number of aryl methyl sites for hydroxylation is 1. The Bertz CT molecular complexity index is 616. The predicted octanol–water partition coefficient (Wildman–Crippen LogP) is 1.91. The van der Waals surface area contributed by atoms with Crippen molar-refractivity contribution in [2.24, 2.45) is 5.73 Å². The van der Waals surface area contributed by atoms with Gasteiger partial charge in [-0.3, -0.25) is 4.79 Å². The lowest BCUT2D eigenvalue weighted by molar-refractivity contribution is 0.1000. The van der Waals surface area contributed by atoms with Crippen LogP contribution in [-0.4, -0.2) is 15.5 Å². The molecule has 4 nitrogen and oxygen atoms in total. The van der Waals surface area contributed by atoms with E-state index in [4.69, 9.17) is 5.73 Å². The second-order valence-electron chi connectivity index (χ2n) is 5.04. The summed E-state index contributed by atoms with van der Waals surface area (Å²) in [5, 5.41) is 0. The van der Waals surface area contributed by atoms with Crippen LogP contribution in [0.4, 0.5) is 0 Å². The SMILES string of the molecule is NC(=O)c1cccc(Cn2cnc3c2CCCC3)c1. The van der Waals surface area contributed by atoms with E-state index in [1.165, 1.54) is 24.2 Å². The number of carbonyl (C=O) groups is 1. The molecule has 19 heavy (non-hydrogen) atoms. The molecule has 0 saturated carbocycles. The van der Waals surface area contributed by atoms with Crippen LogP contribution >= 0.6 is 0 Å². The van der Waals surface area contributed by atoms with E-state index in [1.807, 2.05) is 24.5 Å². The molecule has 1 amide bonds. The van der Waals surface area contributed by atoms with Crippen LogP contribution in [0.3, 0.4) is 0 Å². The normalized spacial score (nSPS) is 14.1. The minimum Gasteiger partial charge on any atom is -0.366 e. The van der Waals surface area contributed by atoms with E-state index >= 15 is 0 Å². The smallest absolute Gasteiger partial charge is 0.248 e. The molecule has 1 heterocycles. The third-order valence-electron chi connectivity index (χ3n) is 3.67. The number of amides is 1. The Morgan fingerprint density at radius 1 is 1.32 bits per heavy atom. The van der Waals surface area contributed by atoms with Gasteiger partial charge in [-0.15, -0.1) is 0 Å². The van der Waals surface area contributed by atoms with Crippen LogP contribution in [0.15, 0.2) is 30.6 Å². The molecule has 1 aromatic carbocycles. The Labute approximate surface area is 112 Å². The highest BCUT2D eigenvalue weighted by molar-refractivity contribution is 5.92. The zero-order valence-corrected chi connectivity index (χ0v) is 10.8. The van der Waals surface area contributed by atoms with Crippen LogP contribution < -0.4 is 5.73 Å². The molecule has 3 rings (SSSR count). The summed E-state index contributed by atoms with van der Waals surface area (Å²) in [4.78, 5) is 15.7. The molecule has 0 bridgehead atoms. The summed E-state index contributed by atoms with van der Waals surface area (Å²) in [6.07, 6.45) is 6.57. The predicted molar refractivity (Wildman–Crippen MR) is 72.9 cm³/mol. The summed E-state index contributed by atoms with van der Waals surface area (Å²) < 4.78 is 2.19. The Kier molecular flexibility index (Phi) is 3.07. The maximum Gasteiger partial charge on any atom is 0.248 e. The molecule has 1 aliphatic carbocycles. The van der Waals surface area contributed by atoms with E-state index in [9.17, 15) is 4.79 Å². The average molecular weight is 255 g/mol. The lowest BCUT2D eigenvalue weighted by Gasteiger charge is -2.14. The Morgan fingerprint density at radius 3 is 3.00 bits per heavy atom. The topological polar surface area (TPSA) is 60.9 Å². The molecule has 2 N–H and O–H groups in total.